The van der Waals surface area contributed by atoms with Crippen LogP contribution in [0.1, 0.15) is 39.0 Å². The van der Waals surface area contributed by atoms with Gasteiger partial charge in [0.15, 0.2) is 0 Å². The average molecular weight is 166 g/mol. The number of nitrogens with zero attached hydrogens (tertiary/aromatic N) is 1. The standard InChI is InChI=1S/C10H18N2/c1-8(11)12-7-3-5-9-4-2-6-10(9)12/h9-11H,2-7H2,1H3. The van der Waals surface area contributed by atoms with Gasteiger partial charge in [0, 0.05) is 12.6 Å². The summed E-state index contributed by atoms with van der Waals surface area (Å²) in [6, 6.07) is 0.733. The van der Waals surface area contributed by atoms with Crippen LogP contribution in [0.4, 0.5) is 0 Å². The molecular formula is C10H18N2. The molecule has 2 heteroatoms. The Kier molecular flexibility index (Phi) is 2.07. The molecule has 2 rings (SSSR count). The maximum atomic E-state index is 7.67. The Morgan fingerprint density at radius 2 is 2.00 bits per heavy atom. The number of piperidine rings is 1. The SMILES string of the molecule is CC(=N)N1CCCC2CCCC21. The third kappa shape index (κ3) is 1.23. The van der Waals surface area contributed by atoms with E-state index in [1.807, 2.05) is 6.92 Å². The molecular weight excluding hydrogens is 148 g/mol. The van der Waals surface area contributed by atoms with E-state index < -0.39 is 0 Å². The van der Waals surface area contributed by atoms with Crippen molar-refractivity contribution in [1.82, 2.24) is 4.90 Å². The monoisotopic (exact) mass is 166 g/mol. The molecule has 1 heterocycles. The number of likely N-dealkylation sites (tertiary alicyclic amines) is 1. The number of rotatable bonds is 0. The first-order valence-corrected chi connectivity index (χ1v) is 5.11. The van der Waals surface area contributed by atoms with E-state index in [0.29, 0.717) is 0 Å². The van der Waals surface area contributed by atoms with Crippen LogP contribution in [0.2, 0.25) is 0 Å². The van der Waals surface area contributed by atoms with Crippen molar-refractivity contribution in [2.75, 3.05) is 6.54 Å². The molecule has 0 radical (unpaired) electrons. The van der Waals surface area contributed by atoms with Crippen LogP contribution in [0.25, 0.3) is 0 Å². The Morgan fingerprint density at radius 3 is 2.75 bits per heavy atom. The van der Waals surface area contributed by atoms with Gasteiger partial charge in [-0.15, -0.1) is 0 Å². The normalized spacial score (nSPS) is 34.9. The molecule has 2 unspecified atom stereocenters. The van der Waals surface area contributed by atoms with Gasteiger partial charge in [-0.25, -0.2) is 0 Å². The van der Waals surface area contributed by atoms with Crippen LogP contribution in [-0.2, 0) is 0 Å². The van der Waals surface area contributed by atoms with Crippen LogP contribution in [0.15, 0.2) is 0 Å². The molecule has 68 valence electrons. The second-order valence-corrected chi connectivity index (χ2v) is 4.18. The molecule has 2 nitrogen and oxygen atoms in total. The Hall–Kier alpha value is -0.530. The van der Waals surface area contributed by atoms with Gasteiger partial charge >= 0.3 is 0 Å². The molecule has 1 N–H and O–H groups in total. The third-order valence-corrected chi connectivity index (χ3v) is 3.42. The molecule has 2 aliphatic rings. The molecule has 0 spiro atoms. The zero-order valence-corrected chi connectivity index (χ0v) is 7.84. The first-order valence-electron chi connectivity index (χ1n) is 5.11. The molecule has 1 aliphatic carbocycles. The summed E-state index contributed by atoms with van der Waals surface area (Å²) in [4.78, 5) is 2.32. The van der Waals surface area contributed by atoms with Crippen molar-refractivity contribution in [2.24, 2.45) is 5.92 Å². The van der Waals surface area contributed by atoms with Gasteiger partial charge in [0.2, 0.25) is 0 Å². The van der Waals surface area contributed by atoms with Crippen molar-refractivity contribution in [3.63, 3.8) is 0 Å². The lowest BCUT2D eigenvalue weighted by Crippen LogP contribution is -2.44. The zero-order valence-electron chi connectivity index (χ0n) is 7.84. The Morgan fingerprint density at radius 1 is 1.25 bits per heavy atom. The fourth-order valence-electron chi connectivity index (χ4n) is 2.87. The van der Waals surface area contributed by atoms with Gasteiger partial charge < -0.3 is 4.90 Å². The van der Waals surface area contributed by atoms with E-state index in [1.54, 1.807) is 0 Å². The van der Waals surface area contributed by atoms with Crippen LogP contribution in [0, 0.1) is 11.3 Å². The van der Waals surface area contributed by atoms with E-state index in [4.69, 9.17) is 5.41 Å². The van der Waals surface area contributed by atoms with Crippen LogP contribution in [0.5, 0.6) is 0 Å². The summed E-state index contributed by atoms with van der Waals surface area (Å²) in [5, 5.41) is 7.67. The minimum absolute atomic E-state index is 0.733. The van der Waals surface area contributed by atoms with Crippen molar-refractivity contribution in [3.05, 3.63) is 0 Å². The van der Waals surface area contributed by atoms with Crippen molar-refractivity contribution >= 4 is 5.84 Å². The quantitative estimate of drug-likeness (QED) is 0.433. The summed E-state index contributed by atoms with van der Waals surface area (Å²) in [6.45, 7) is 3.07. The molecule has 1 saturated carbocycles. The molecule has 0 amide bonds. The predicted molar refractivity (Wildman–Crippen MR) is 50.5 cm³/mol. The van der Waals surface area contributed by atoms with Gasteiger partial charge in [0.1, 0.15) is 0 Å². The van der Waals surface area contributed by atoms with Crippen LogP contribution < -0.4 is 0 Å². The minimum Gasteiger partial charge on any atom is -0.358 e. The van der Waals surface area contributed by atoms with Crippen molar-refractivity contribution in [3.8, 4) is 0 Å². The fraction of sp³-hybridized carbons (Fsp3) is 0.900. The van der Waals surface area contributed by atoms with Gasteiger partial charge in [-0.05, 0) is 38.5 Å². The van der Waals surface area contributed by atoms with Gasteiger partial charge in [-0.1, -0.05) is 6.42 Å². The lowest BCUT2D eigenvalue weighted by atomic mass is 9.92. The highest BCUT2D eigenvalue weighted by molar-refractivity contribution is 5.76. The smallest absolute Gasteiger partial charge is 0.0928 e. The van der Waals surface area contributed by atoms with Crippen LogP contribution >= 0.6 is 0 Å². The minimum atomic E-state index is 0.733. The predicted octanol–water partition coefficient (Wildman–Crippen LogP) is 2.25. The summed E-state index contributed by atoms with van der Waals surface area (Å²) in [5.41, 5.74) is 0. The Labute approximate surface area is 74.5 Å². The van der Waals surface area contributed by atoms with Crippen molar-refractivity contribution < 1.29 is 0 Å². The molecule has 2 fully saturated rings. The lowest BCUT2D eigenvalue weighted by molar-refractivity contribution is 0.189. The highest BCUT2D eigenvalue weighted by Gasteiger charge is 2.34. The molecule has 1 aliphatic heterocycles. The number of amidine groups is 1. The van der Waals surface area contributed by atoms with Crippen LogP contribution in [0.3, 0.4) is 0 Å². The van der Waals surface area contributed by atoms with Crippen molar-refractivity contribution in [1.29, 1.82) is 5.41 Å². The largest absolute Gasteiger partial charge is 0.358 e. The summed E-state index contributed by atoms with van der Waals surface area (Å²) < 4.78 is 0. The van der Waals surface area contributed by atoms with Crippen molar-refractivity contribution in [2.45, 2.75) is 45.1 Å². The molecule has 1 saturated heterocycles. The summed E-state index contributed by atoms with van der Waals surface area (Å²) in [6.07, 6.45) is 6.85. The summed E-state index contributed by atoms with van der Waals surface area (Å²) in [7, 11) is 0. The van der Waals surface area contributed by atoms with E-state index in [1.165, 1.54) is 32.1 Å². The van der Waals surface area contributed by atoms with E-state index in [2.05, 4.69) is 4.90 Å². The molecule has 0 bridgehead atoms. The second kappa shape index (κ2) is 3.08. The average Bonchev–Trinajstić information content (AvgIpc) is 2.49. The van der Waals surface area contributed by atoms with E-state index in [-0.39, 0.29) is 0 Å². The van der Waals surface area contributed by atoms with E-state index in [9.17, 15) is 0 Å². The number of hydrogen-bond acceptors (Lipinski definition) is 1. The lowest BCUT2D eigenvalue weighted by Gasteiger charge is -2.38. The second-order valence-electron chi connectivity index (χ2n) is 4.18. The van der Waals surface area contributed by atoms with Crippen LogP contribution in [-0.4, -0.2) is 23.3 Å². The van der Waals surface area contributed by atoms with Gasteiger partial charge in [0.25, 0.3) is 0 Å². The zero-order chi connectivity index (χ0) is 8.55. The summed E-state index contributed by atoms with van der Waals surface area (Å²) in [5.74, 6) is 1.70. The first-order chi connectivity index (χ1) is 5.79. The maximum Gasteiger partial charge on any atom is 0.0928 e. The Balaban J connectivity index is 2.08. The first kappa shape index (κ1) is 8.09. The maximum absolute atomic E-state index is 7.67. The Bertz CT molecular complexity index is 188. The molecule has 0 aromatic heterocycles. The molecule has 0 aromatic rings. The number of fused-ring (bicyclic) bond motifs is 1. The summed E-state index contributed by atoms with van der Waals surface area (Å²) >= 11 is 0. The number of hydrogen-bond donors (Lipinski definition) is 1. The third-order valence-electron chi connectivity index (χ3n) is 3.42. The fourth-order valence-corrected chi connectivity index (χ4v) is 2.87. The molecule has 2 atom stereocenters. The topological polar surface area (TPSA) is 27.1 Å². The highest BCUT2D eigenvalue weighted by Crippen LogP contribution is 2.36. The molecule has 0 aromatic carbocycles. The molecule has 12 heavy (non-hydrogen) atoms. The van der Waals surface area contributed by atoms with Gasteiger partial charge in [-0.3, -0.25) is 5.41 Å². The highest BCUT2D eigenvalue weighted by atomic mass is 15.2. The van der Waals surface area contributed by atoms with E-state index >= 15 is 0 Å². The van der Waals surface area contributed by atoms with E-state index in [0.717, 1.165) is 24.3 Å². The number of nitrogens with one attached hydrogen (secondary N) is 1. The van der Waals surface area contributed by atoms with Gasteiger partial charge in [-0.2, -0.15) is 0 Å². The van der Waals surface area contributed by atoms with Gasteiger partial charge in [0.05, 0.1) is 5.84 Å².